The van der Waals surface area contributed by atoms with Crippen molar-refractivity contribution in [3.05, 3.63) is 34.6 Å². The van der Waals surface area contributed by atoms with Gasteiger partial charge in [-0.25, -0.2) is 4.39 Å². The molecule has 0 aromatic heterocycles. The Morgan fingerprint density at radius 1 is 1.44 bits per heavy atom. The van der Waals surface area contributed by atoms with Crippen LogP contribution >= 0.6 is 11.6 Å². The fourth-order valence-electron chi connectivity index (χ4n) is 1.79. The summed E-state index contributed by atoms with van der Waals surface area (Å²) in [5.41, 5.74) is 0.704. The van der Waals surface area contributed by atoms with E-state index in [1.54, 1.807) is 19.1 Å². The predicted octanol–water partition coefficient (Wildman–Crippen LogP) is 3.88. The van der Waals surface area contributed by atoms with Gasteiger partial charge in [0.15, 0.2) is 0 Å². The fraction of sp³-hybridized carbons (Fsp3) is 0.462. The Balaban J connectivity index is 2.94. The minimum Gasteiger partial charge on any atom is -0.300 e. The summed E-state index contributed by atoms with van der Waals surface area (Å²) in [5.74, 6) is -0.170. The number of Topliss-reactive ketones (excluding diaryl/α,β-unsaturated/α-hetero) is 1. The molecule has 0 aliphatic rings. The summed E-state index contributed by atoms with van der Waals surface area (Å²) in [7, 11) is 0. The highest BCUT2D eigenvalue weighted by Gasteiger charge is 2.20. The average Bonchev–Trinajstić information content (AvgIpc) is 2.19. The average molecular weight is 243 g/mol. The standard InChI is InChI=1S/C13H16ClFO/c1-8(2)11(9(3)16)7-10-5-4-6-12(15)13(10)14/h4-6,8,11H,7H2,1-3H3. The summed E-state index contributed by atoms with van der Waals surface area (Å²) in [5, 5.41) is 0.134. The predicted molar refractivity (Wildman–Crippen MR) is 64.1 cm³/mol. The summed E-state index contributed by atoms with van der Waals surface area (Å²) in [6, 6.07) is 4.71. The summed E-state index contributed by atoms with van der Waals surface area (Å²) in [6.07, 6.45) is 0.504. The van der Waals surface area contributed by atoms with Gasteiger partial charge in [-0.3, -0.25) is 4.79 Å². The van der Waals surface area contributed by atoms with Crippen molar-refractivity contribution in [3.63, 3.8) is 0 Å². The van der Waals surface area contributed by atoms with Crippen LogP contribution in [-0.2, 0) is 11.2 Å². The van der Waals surface area contributed by atoms with E-state index in [2.05, 4.69) is 0 Å². The SMILES string of the molecule is CC(=O)C(Cc1cccc(F)c1Cl)C(C)C. The van der Waals surface area contributed by atoms with Gasteiger partial charge in [0, 0.05) is 5.92 Å². The normalized spacial score (nSPS) is 12.9. The number of benzene rings is 1. The van der Waals surface area contributed by atoms with E-state index in [4.69, 9.17) is 11.6 Å². The van der Waals surface area contributed by atoms with Gasteiger partial charge in [-0.15, -0.1) is 0 Å². The van der Waals surface area contributed by atoms with Crippen LogP contribution in [0.5, 0.6) is 0 Å². The quantitative estimate of drug-likeness (QED) is 0.783. The van der Waals surface area contributed by atoms with Gasteiger partial charge in [0.05, 0.1) is 5.02 Å². The van der Waals surface area contributed by atoms with E-state index in [0.717, 1.165) is 0 Å². The Labute approximate surface area is 101 Å². The van der Waals surface area contributed by atoms with E-state index in [9.17, 15) is 9.18 Å². The number of rotatable bonds is 4. The molecule has 0 N–H and O–H groups in total. The molecule has 1 aromatic carbocycles. The molecule has 1 aromatic rings. The van der Waals surface area contributed by atoms with Gasteiger partial charge in [0.2, 0.25) is 0 Å². The molecule has 1 rings (SSSR count). The lowest BCUT2D eigenvalue weighted by Crippen LogP contribution is -2.20. The van der Waals surface area contributed by atoms with E-state index >= 15 is 0 Å². The van der Waals surface area contributed by atoms with Crippen LogP contribution in [0.3, 0.4) is 0 Å². The lowest BCUT2D eigenvalue weighted by atomic mass is 9.86. The molecule has 0 bridgehead atoms. The lowest BCUT2D eigenvalue weighted by molar-refractivity contribution is -0.121. The van der Waals surface area contributed by atoms with E-state index in [-0.39, 0.29) is 22.6 Å². The van der Waals surface area contributed by atoms with Crippen LogP contribution < -0.4 is 0 Å². The maximum atomic E-state index is 13.2. The second-order valence-corrected chi connectivity index (χ2v) is 4.76. The van der Waals surface area contributed by atoms with Crippen LogP contribution in [0.1, 0.15) is 26.3 Å². The van der Waals surface area contributed by atoms with E-state index in [1.807, 2.05) is 13.8 Å². The minimum absolute atomic E-state index is 0.0979. The molecule has 0 saturated carbocycles. The second kappa shape index (κ2) is 5.44. The third kappa shape index (κ3) is 3.05. The molecule has 0 amide bonds. The molecule has 1 unspecified atom stereocenters. The number of hydrogen-bond acceptors (Lipinski definition) is 1. The molecule has 0 saturated heterocycles. The number of carbonyl (C=O) groups is 1. The van der Waals surface area contributed by atoms with Crippen LogP contribution in [0.4, 0.5) is 4.39 Å². The monoisotopic (exact) mass is 242 g/mol. The van der Waals surface area contributed by atoms with Crippen molar-refractivity contribution in [1.82, 2.24) is 0 Å². The molecule has 16 heavy (non-hydrogen) atoms. The maximum absolute atomic E-state index is 13.2. The molecule has 88 valence electrons. The molecule has 0 fully saturated rings. The smallest absolute Gasteiger partial charge is 0.142 e. The van der Waals surface area contributed by atoms with E-state index in [1.165, 1.54) is 6.07 Å². The Morgan fingerprint density at radius 3 is 2.56 bits per heavy atom. The molecule has 1 atom stereocenters. The third-order valence-electron chi connectivity index (χ3n) is 2.80. The van der Waals surface area contributed by atoms with Crippen molar-refractivity contribution in [2.24, 2.45) is 11.8 Å². The van der Waals surface area contributed by atoms with Crippen molar-refractivity contribution in [2.45, 2.75) is 27.2 Å². The molecule has 0 aliphatic heterocycles. The Kier molecular flexibility index (Phi) is 4.48. The van der Waals surface area contributed by atoms with Gasteiger partial charge in [-0.05, 0) is 30.9 Å². The first-order valence-electron chi connectivity index (χ1n) is 5.36. The van der Waals surface area contributed by atoms with Gasteiger partial charge in [-0.1, -0.05) is 37.6 Å². The van der Waals surface area contributed by atoms with E-state index < -0.39 is 5.82 Å². The number of halogens is 2. The molecule has 0 radical (unpaired) electrons. The van der Waals surface area contributed by atoms with Crippen LogP contribution in [0.15, 0.2) is 18.2 Å². The minimum atomic E-state index is -0.426. The van der Waals surface area contributed by atoms with Gasteiger partial charge in [0.25, 0.3) is 0 Å². The summed E-state index contributed by atoms with van der Waals surface area (Å²) in [4.78, 5) is 11.4. The summed E-state index contributed by atoms with van der Waals surface area (Å²) in [6.45, 7) is 5.54. The first kappa shape index (κ1) is 13.2. The molecule has 0 spiro atoms. The highest BCUT2D eigenvalue weighted by atomic mass is 35.5. The van der Waals surface area contributed by atoms with Crippen LogP contribution in [-0.4, -0.2) is 5.78 Å². The third-order valence-corrected chi connectivity index (χ3v) is 3.22. The molecule has 0 aliphatic carbocycles. The zero-order valence-corrected chi connectivity index (χ0v) is 10.5. The number of ketones is 1. The van der Waals surface area contributed by atoms with Crippen molar-refractivity contribution in [2.75, 3.05) is 0 Å². The topological polar surface area (TPSA) is 17.1 Å². The highest BCUT2D eigenvalue weighted by molar-refractivity contribution is 6.31. The first-order valence-corrected chi connectivity index (χ1v) is 5.74. The maximum Gasteiger partial charge on any atom is 0.142 e. The zero-order chi connectivity index (χ0) is 12.3. The summed E-state index contributed by atoms with van der Waals surface area (Å²) >= 11 is 5.86. The molecular formula is C13H16ClFO. The van der Waals surface area contributed by atoms with Crippen LogP contribution in [0.25, 0.3) is 0 Å². The number of hydrogen-bond donors (Lipinski definition) is 0. The van der Waals surface area contributed by atoms with Crippen LogP contribution in [0.2, 0.25) is 5.02 Å². The number of carbonyl (C=O) groups excluding carboxylic acids is 1. The second-order valence-electron chi connectivity index (χ2n) is 4.38. The van der Waals surface area contributed by atoms with Crippen molar-refractivity contribution >= 4 is 17.4 Å². The van der Waals surface area contributed by atoms with Crippen LogP contribution in [0, 0.1) is 17.7 Å². The van der Waals surface area contributed by atoms with Crippen molar-refractivity contribution in [1.29, 1.82) is 0 Å². The van der Waals surface area contributed by atoms with Gasteiger partial charge >= 0.3 is 0 Å². The van der Waals surface area contributed by atoms with E-state index in [0.29, 0.717) is 12.0 Å². The Morgan fingerprint density at radius 2 is 2.06 bits per heavy atom. The molecule has 3 heteroatoms. The molecular weight excluding hydrogens is 227 g/mol. The molecule has 1 nitrogen and oxygen atoms in total. The first-order chi connectivity index (χ1) is 7.43. The lowest BCUT2D eigenvalue weighted by Gasteiger charge is -2.18. The Bertz CT molecular complexity index is 388. The van der Waals surface area contributed by atoms with Crippen molar-refractivity contribution < 1.29 is 9.18 Å². The Hall–Kier alpha value is -0.890. The van der Waals surface area contributed by atoms with Gasteiger partial charge in [0.1, 0.15) is 11.6 Å². The summed E-state index contributed by atoms with van der Waals surface area (Å²) < 4.78 is 13.2. The highest BCUT2D eigenvalue weighted by Crippen LogP contribution is 2.25. The fourth-order valence-corrected chi connectivity index (χ4v) is 2.00. The largest absolute Gasteiger partial charge is 0.300 e. The van der Waals surface area contributed by atoms with Gasteiger partial charge in [-0.2, -0.15) is 0 Å². The van der Waals surface area contributed by atoms with Gasteiger partial charge < -0.3 is 0 Å². The molecule has 0 heterocycles. The van der Waals surface area contributed by atoms with Crippen molar-refractivity contribution in [3.8, 4) is 0 Å². The zero-order valence-electron chi connectivity index (χ0n) is 9.76.